The molecule has 1 aromatic rings. The van der Waals surface area contributed by atoms with Crippen LogP contribution in [0.2, 0.25) is 0 Å². The summed E-state index contributed by atoms with van der Waals surface area (Å²) >= 11 is 0. The summed E-state index contributed by atoms with van der Waals surface area (Å²) in [6.07, 6.45) is 7.53. The van der Waals surface area contributed by atoms with Crippen molar-refractivity contribution in [2.45, 2.75) is 38.1 Å². The number of ether oxygens (including phenoxy) is 2. The average Bonchev–Trinajstić information content (AvgIpc) is 2.55. The van der Waals surface area contributed by atoms with Gasteiger partial charge in [0, 0.05) is 38.0 Å². The number of pyridine rings is 1. The van der Waals surface area contributed by atoms with Gasteiger partial charge < -0.3 is 14.4 Å². The lowest BCUT2D eigenvalue weighted by molar-refractivity contribution is 0.0695. The Morgan fingerprint density at radius 1 is 1.33 bits per heavy atom. The average molecular weight is 292 g/mol. The first kappa shape index (κ1) is 15.8. The fourth-order valence-corrected chi connectivity index (χ4v) is 2.69. The Hall–Kier alpha value is -1.62. The Morgan fingerprint density at radius 3 is 2.81 bits per heavy atom. The van der Waals surface area contributed by atoms with E-state index < -0.39 is 0 Å². The van der Waals surface area contributed by atoms with Crippen LogP contribution < -0.4 is 4.74 Å². The number of rotatable bonds is 6. The minimum atomic E-state index is 0.0425. The first-order valence-electron chi connectivity index (χ1n) is 7.57. The van der Waals surface area contributed by atoms with Gasteiger partial charge in [-0.25, -0.2) is 4.98 Å². The van der Waals surface area contributed by atoms with Gasteiger partial charge in [0.15, 0.2) is 0 Å². The second-order valence-electron chi connectivity index (χ2n) is 5.43. The summed E-state index contributed by atoms with van der Waals surface area (Å²) < 4.78 is 10.4. The molecule has 0 spiro atoms. The molecule has 1 saturated carbocycles. The van der Waals surface area contributed by atoms with Gasteiger partial charge in [-0.1, -0.05) is 19.3 Å². The van der Waals surface area contributed by atoms with E-state index in [9.17, 15) is 4.79 Å². The SMILES string of the molecule is COCCOc1cc(C(=O)N(C)C2CCCCC2)ccn1. The van der Waals surface area contributed by atoms with E-state index in [4.69, 9.17) is 9.47 Å². The Kier molecular flexibility index (Phi) is 5.99. The monoisotopic (exact) mass is 292 g/mol. The first-order valence-corrected chi connectivity index (χ1v) is 7.57. The molecule has 0 aliphatic heterocycles. The quantitative estimate of drug-likeness (QED) is 0.756. The van der Waals surface area contributed by atoms with E-state index in [1.807, 2.05) is 11.9 Å². The molecule has 0 radical (unpaired) electrons. The number of methoxy groups -OCH3 is 1. The molecule has 0 bridgehead atoms. The number of nitrogens with zero attached hydrogens (tertiary/aromatic N) is 2. The van der Waals surface area contributed by atoms with Crippen LogP contribution in [-0.4, -0.2) is 49.2 Å². The third-order valence-corrected chi connectivity index (χ3v) is 3.96. The lowest BCUT2D eigenvalue weighted by Gasteiger charge is -2.31. The first-order chi connectivity index (χ1) is 10.2. The molecule has 5 heteroatoms. The van der Waals surface area contributed by atoms with Crippen LogP contribution in [0.25, 0.3) is 0 Å². The van der Waals surface area contributed by atoms with Gasteiger partial charge in [0.25, 0.3) is 5.91 Å². The molecule has 21 heavy (non-hydrogen) atoms. The highest BCUT2D eigenvalue weighted by atomic mass is 16.5. The van der Waals surface area contributed by atoms with Gasteiger partial charge >= 0.3 is 0 Å². The summed E-state index contributed by atoms with van der Waals surface area (Å²) in [4.78, 5) is 18.5. The largest absolute Gasteiger partial charge is 0.475 e. The molecule has 2 rings (SSSR count). The molecule has 0 N–H and O–H groups in total. The van der Waals surface area contributed by atoms with Crippen molar-refractivity contribution in [3.05, 3.63) is 23.9 Å². The highest BCUT2D eigenvalue weighted by Crippen LogP contribution is 2.23. The minimum Gasteiger partial charge on any atom is -0.475 e. The van der Waals surface area contributed by atoms with Gasteiger partial charge in [-0.15, -0.1) is 0 Å². The molecule has 1 aliphatic rings. The van der Waals surface area contributed by atoms with Crippen molar-refractivity contribution < 1.29 is 14.3 Å². The predicted molar refractivity (Wildman–Crippen MR) is 80.6 cm³/mol. The summed E-state index contributed by atoms with van der Waals surface area (Å²) in [6, 6.07) is 3.81. The summed E-state index contributed by atoms with van der Waals surface area (Å²) in [6.45, 7) is 0.932. The van der Waals surface area contributed by atoms with Gasteiger partial charge in [0.2, 0.25) is 5.88 Å². The molecule has 5 nitrogen and oxygen atoms in total. The normalized spacial score (nSPS) is 15.7. The molecular formula is C16H24N2O3. The molecule has 116 valence electrons. The maximum Gasteiger partial charge on any atom is 0.254 e. The summed E-state index contributed by atoms with van der Waals surface area (Å²) in [5.74, 6) is 0.510. The molecule has 0 saturated heterocycles. The Balaban J connectivity index is 1.99. The van der Waals surface area contributed by atoms with Gasteiger partial charge in [-0.05, 0) is 18.9 Å². The summed E-state index contributed by atoms with van der Waals surface area (Å²) in [5, 5.41) is 0. The van der Waals surface area contributed by atoms with Crippen molar-refractivity contribution in [1.29, 1.82) is 0 Å². The fourth-order valence-electron chi connectivity index (χ4n) is 2.69. The highest BCUT2D eigenvalue weighted by molar-refractivity contribution is 5.94. The van der Waals surface area contributed by atoms with Gasteiger partial charge in [-0.3, -0.25) is 4.79 Å². The van der Waals surface area contributed by atoms with Crippen molar-refractivity contribution in [2.24, 2.45) is 0 Å². The molecule has 0 aromatic carbocycles. The maximum atomic E-state index is 12.5. The number of aromatic nitrogens is 1. The van der Waals surface area contributed by atoms with Gasteiger partial charge in [0.1, 0.15) is 6.61 Å². The molecule has 0 atom stereocenters. The maximum absolute atomic E-state index is 12.5. The number of hydrogen-bond acceptors (Lipinski definition) is 4. The van der Waals surface area contributed by atoms with Crippen molar-refractivity contribution in [3.8, 4) is 5.88 Å². The van der Waals surface area contributed by atoms with E-state index in [2.05, 4.69) is 4.98 Å². The molecule has 1 aliphatic carbocycles. The van der Waals surface area contributed by atoms with Crippen molar-refractivity contribution in [2.75, 3.05) is 27.4 Å². The standard InChI is InChI=1S/C16H24N2O3/c1-18(14-6-4-3-5-7-14)16(19)13-8-9-17-15(12-13)21-11-10-20-2/h8-9,12,14H,3-7,10-11H2,1-2H3. The van der Waals surface area contributed by atoms with Crippen molar-refractivity contribution >= 4 is 5.91 Å². The highest BCUT2D eigenvalue weighted by Gasteiger charge is 2.23. The Bertz CT molecular complexity index is 459. The van der Waals surface area contributed by atoms with E-state index in [0.717, 1.165) is 12.8 Å². The third kappa shape index (κ3) is 4.43. The van der Waals surface area contributed by atoms with Crippen LogP contribution in [0.4, 0.5) is 0 Å². The second kappa shape index (κ2) is 7.98. The fraction of sp³-hybridized carbons (Fsp3) is 0.625. The number of amides is 1. The lowest BCUT2D eigenvalue weighted by atomic mass is 9.94. The van der Waals surface area contributed by atoms with E-state index >= 15 is 0 Å². The van der Waals surface area contributed by atoms with Crippen LogP contribution in [0.1, 0.15) is 42.5 Å². The molecular weight excluding hydrogens is 268 g/mol. The van der Waals surface area contributed by atoms with E-state index in [0.29, 0.717) is 30.7 Å². The zero-order valence-corrected chi connectivity index (χ0v) is 12.9. The van der Waals surface area contributed by atoms with E-state index in [1.165, 1.54) is 19.3 Å². The lowest BCUT2D eigenvalue weighted by Crippen LogP contribution is -2.38. The zero-order valence-electron chi connectivity index (χ0n) is 12.9. The zero-order chi connectivity index (χ0) is 15.1. The van der Waals surface area contributed by atoms with Crippen LogP contribution in [0.3, 0.4) is 0 Å². The van der Waals surface area contributed by atoms with Crippen molar-refractivity contribution in [3.63, 3.8) is 0 Å². The van der Waals surface area contributed by atoms with Crippen LogP contribution >= 0.6 is 0 Å². The third-order valence-electron chi connectivity index (χ3n) is 3.96. The van der Waals surface area contributed by atoms with E-state index in [1.54, 1.807) is 25.4 Å². The number of carbonyl (C=O) groups is 1. The number of hydrogen-bond donors (Lipinski definition) is 0. The molecule has 0 unspecified atom stereocenters. The smallest absolute Gasteiger partial charge is 0.254 e. The molecule has 1 amide bonds. The summed E-state index contributed by atoms with van der Waals surface area (Å²) in [5.41, 5.74) is 0.630. The minimum absolute atomic E-state index is 0.0425. The van der Waals surface area contributed by atoms with Crippen LogP contribution in [-0.2, 0) is 4.74 Å². The van der Waals surface area contributed by atoms with E-state index in [-0.39, 0.29) is 5.91 Å². The molecule has 1 fully saturated rings. The predicted octanol–water partition coefficient (Wildman–Crippen LogP) is 2.51. The molecule has 1 heterocycles. The second-order valence-corrected chi connectivity index (χ2v) is 5.43. The van der Waals surface area contributed by atoms with Gasteiger partial charge in [-0.2, -0.15) is 0 Å². The van der Waals surface area contributed by atoms with Crippen LogP contribution in [0.15, 0.2) is 18.3 Å². The summed E-state index contributed by atoms with van der Waals surface area (Å²) in [7, 11) is 3.51. The Morgan fingerprint density at radius 2 is 2.10 bits per heavy atom. The topological polar surface area (TPSA) is 51.7 Å². The Labute approximate surface area is 126 Å². The van der Waals surface area contributed by atoms with Crippen LogP contribution in [0.5, 0.6) is 5.88 Å². The molecule has 1 aromatic heterocycles. The van der Waals surface area contributed by atoms with Crippen LogP contribution in [0, 0.1) is 0 Å². The number of carbonyl (C=O) groups excluding carboxylic acids is 1. The van der Waals surface area contributed by atoms with Gasteiger partial charge in [0.05, 0.1) is 6.61 Å². The van der Waals surface area contributed by atoms with Crippen molar-refractivity contribution in [1.82, 2.24) is 9.88 Å².